The van der Waals surface area contributed by atoms with Gasteiger partial charge in [-0.15, -0.1) is 0 Å². The fraction of sp³-hybridized carbons (Fsp3) is 0.0938. The molecule has 9 aromatic carbocycles. The molecule has 0 aliphatic carbocycles. The van der Waals surface area contributed by atoms with Crippen molar-refractivity contribution in [2.75, 3.05) is 9.80 Å². The largest absolute Gasteiger partial charge is 0.309 e. The van der Waals surface area contributed by atoms with E-state index in [-0.39, 0.29) is 0 Å². The second-order valence-corrected chi connectivity index (χ2v) is 18.5. The molecule has 348 valence electrons. The lowest BCUT2D eigenvalue weighted by Gasteiger charge is -2.32. The van der Waals surface area contributed by atoms with E-state index in [0.29, 0.717) is 35.2 Å². The van der Waals surface area contributed by atoms with Crippen molar-refractivity contribution in [2.45, 2.75) is 41.5 Å². The molecule has 11 rings (SSSR count). The summed E-state index contributed by atoms with van der Waals surface area (Å²) < 4.78 is 0. The van der Waals surface area contributed by atoms with E-state index in [1.54, 1.807) is 0 Å². The number of anilines is 6. The molecule has 0 spiro atoms. The number of aryl methyl sites for hydroxylation is 6. The standard InChI is InChI=1S/C64H52N8/c1-41-36-43(3)57(44(4)37-41)71(58-45(5)38-42(2)39-46(58)6)55-32-34-56(35-33-55)72(64-68-60(51-23-14-9-15-24-51)66-62(70-64)54-31-28-48-20-16-17-25-53(48)40-54)63-67-59(50-21-12-8-13-22-50)65-61(69-63)52-29-26-49(27-30-52)47-18-10-7-11-19-47/h7-40H,1-6H3. The molecule has 2 aromatic heterocycles. The Morgan fingerprint density at radius 1 is 0.264 bits per heavy atom. The predicted octanol–water partition coefficient (Wildman–Crippen LogP) is 16.3. The first kappa shape index (κ1) is 45.3. The first-order valence-corrected chi connectivity index (χ1v) is 24.3. The van der Waals surface area contributed by atoms with Gasteiger partial charge in [-0.25, -0.2) is 14.9 Å². The first-order chi connectivity index (χ1) is 35.1. The van der Waals surface area contributed by atoms with Gasteiger partial charge in [0.05, 0.1) is 17.1 Å². The number of hydrogen-bond donors (Lipinski definition) is 0. The van der Waals surface area contributed by atoms with Gasteiger partial charge in [-0.1, -0.05) is 187 Å². The highest BCUT2D eigenvalue weighted by Crippen LogP contribution is 2.44. The van der Waals surface area contributed by atoms with E-state index in [2.05, 4.69) is 180 Å². The molecule has 0 atom stereocenters. The lowest BCUT2D eigenvalue weighted by molar-refractivity contribution is 0.964. The Bertz CT molecular complexity index is 3640. The third kappa shape index (κ3) is 9.09. The summed E-state index contributed by atoms with van der Waals surface area (Å²) in [6.45, 7) is 13.1. The van der Waals surface area contributed by atoms with Crippen LogP contribution in [0.25, 0.3) is 67.5 Å². The molecular formula is C64H52N8. The lowest BCUT2D eigenvalue weighted by atomic mass is 9.99. The smallest absolute Gasteiger partial charge is 0.241 e. The predicted molar refractivity (Wildman–Crippen MR) is 296 cm³/mol. The van der Waals surface area contributed by atoms with Crippen molar-refractivity contribution in [3.05, 3.63) is 240 Å². The van der Waals surface area contributed by atoms with E-state index in [1.807, 2.05) is 77.7 Å². The first-order valence-electron chi connectivity index (χ1n) is 24.3. The molecule has 0 fully saturated rings. The minimum Gasteiger partial charge on any atom is -0.309 e. The minimum absolute atomic E-state index is 0.348. The third-order valence-corrected chi connectivity index (χ3v) is 13.1. The topological polar surface area (TPSA) is 83.8 Å². The molecule has 8 nitrogen and oxygen atoms in total. The maximum Gasteiger partial charge on any atom is 0.241 e. The highest BCUT2D eigenvalue weighted by atomic mass is 15.4. The summed E-state index contributed by atoms with van der Waals surface area (Å²) in [6, 6.07) is 71.1. The number of fused-ring (bicyclic) bond motifs is 1. The fourth-order valence-electron chi connectivity index (χ4n) is 9.88. The Morgan fingerprint density at radius 3 is 1.06 bits per heavy atom. The average molecular weight is 933 g/mol. The van der Waals surface area contributed by atoms with Crippen LogP contribution in [0, 0.1) is 41.5 Å². The van der Waals surface area contributed by atoms with Crippen LogP contribution in [0.3, 0.4) is 0 Å². The average Bonchev–Trinajstić information content (AvgIpc) is 3.41. The Kier molecular flexibility index (Phi) is 12.2. The zero-order valence-electron chi connectivity index (χ0n) is 41.2. The van der Waals surface area contributed by atoms with Crippen molar-refractivity contribution in [2.24, 2.45) is 0 Å². The monoisotopic (exact) mass is 932 g/mol. The van der Waals surface area contributed by atoms with Crippen LogP contribution in [-0.2, 0) is 0 Å². The lowest BCUT2D eigenvalue weighted by Crippen LogP contribution is -2.19. The molecule has 0 saturated heterocycles. The van der Waals surface area contributed by atoms with Gasteiger partial charge in [0.1, 0.15) is 0 Å². The van der Waals surface area contributed by atoms with Crippen LogP contribution < -0.4 is 9.80 Å². The van der Waals surface area contributed by atoms with E-state index in [1.165, 1.54) is 33.4 Å². The molecule has 72 heavy (non-hydrogen) atoms. The number of nitrogens with zero attached hydrogens (tertiary/aromatic N) is 8. The summed E-state index contributed by atoms with van der Waals surface area (Å²) >= 11 is 0. The molecular weight excluding hydrogens is 881 g/mol. The van der Waals surface area contributed by atoms with Gasteiger partial charge in [0.2, 0.25) is 11.9 Å². The van der Waals surface area contributed by atoms with E-state index in [4.69, 9.17) is 29.9 Å². The van der Waals surface area contributed by atoms with Crippen LogP contribution >= 0.6 is 0 Å². The van der Waals surface area contributed by atoms with Gasteiger partial charge in [-0.2, -0.15) is 19.9 Å². The minimum atomic E-state index is 0.348. The molecule has 2 heterocycles. The van der Waals surface area contributed by atoms with Gasteiger partial charge in [0.15, 0.2) is 23.3 Å². The van der Waals surface area contributed by atoms with Gasteiger partial charge >= 0.3 is 0 Å². The number of hydrogen-bond acceptors (Lipinski definition) is 8. The summed E-state index contributed by atoms with van der Waals surface area (Å²) in [5.41, 5.74) is 16.9. The summed E-state index contributed by atoms with van der Waals surface area (Å²) in [5.74, 6) is 2.75. The SMILES string of the molecule is Cc1cc(C)c(N(c2ccc(N(c3nc(-c4ccccc4)nc(-c4ccc(-c5ccccc5)cc4)n3)c3nc(-c4ccccc4)nc(-c4ccc5ccccc5c4)n3)cc2)c2c(C)cc(C)cc2C)c(C)c1. The maximum absolute atomic E-state index is 5.35. The molecule has 0 aliphatic rings. The molecule has 0 radical (unpaired) electrons. The Balaban J connectivity index is 1.15. The van der Waals surface area contributed by atoms with Crippen LogP contribution in [0.1, 0.15) is 33.4 Å². The third-order valence-electron chi connectivity index (χ3n) is 13.1. The van der Waals surface area contributed by atoms with Crippen LogP contribution in [0.5, 0.6) is 0 Å². The molecule has 8 heteroatoms. The number of aromatic nitrogens is 6. The van der Waals surface area contributed by atoms with Crippen molar-refractivity contribution in [1.82, 2.24) is 29.9 Å². The van der Waals surface area contributed by atoms with E-state index < -0.39 is 0 Å². The quantitative estimate of drug-likeness (QED) is 0.127. The van der Waals surface area contributed by atoms with Gasteiger partial charge < -0.3 is 4.90 Å². The number of benzene rings is 9. The van der Waals surface area contributed by atoms with Gasteiger partial charge in [0, 0.05) is 27.9 Å². The maximum atomic E-state index is 5.35. The van der Waals surface area contributed by atoms with Crippen LogP contribution in [0.15, 0.2) is 206 Å². The number of rotatable bonds is 11. The van der Waals surface area contributed by atoms with E-state index in [9.17, 15) is 0 Å². The fourth-order valence-corrected chi connectivity index (χ4v) is 9.88. The summed E-state index contributed by atoms with van der Waals surface area (Å²) in [5, 5.41) is 2.21. The second-order valence-electron chi connectivity index (χ2n) is 18.5. The molecule has 0 unspecified atom stereocenters. The highest BCUT2D eigenvalue weighted by Gasteiger charge is 2.26. The second kappa shape index (κ2) is 19.3. The molecule has 0 bridgehead atoms. The van der Waals surface area contributed by atoms with E-state index >= 15 is 0 Å². The van der Waals surface area contributed by atoms with Crippen LogP contribution in [0.4, 0.5) is 34.6 Å². The molecule has 0 saturated carbocycles. The highest BCUT2D eigenvalue weighted by molar-refractivity contribution is 5.88. The van der Waals surface area contributed by atoms with Crippen molar-refractivity contribution in [3.8, 4) is 56.7 Å². The van der Waals surface area contributed by atoms with Crippen LogP contribution in [0.2, 0.25) is 0 Å². The van der Waals surface area contributed by atoms with Gasteiger partial charge in [-0.05, 0) is 116 Å². The van der Waals surface area contributed by atoms with Crippen molar-refractivity contribution < 1.29 is 0 Å². The van der Waals surface area contributed by atoms with Crippen molar-refractivity contribution in [1.29, 1.82) is 0 Å². The van der Waals surface area contributed by atoms with Crippen molar-refractivity contribution >= 4 is 45.4 Å². The van der Waals surface area contributed by atoms with E-state index in [0.717, 1.165) is 66.9 Å². The molecule has 0 N–H and O–H groups in total. The van der Waals surface area contributed by atoms with Crippen molar-refractivity contribution in [3.63, 3.8) is 0 Å². The summed E-state index contributed by atoms with van der Waals surface area (Å²) in [7, 11) is 0. The van der Waals surface area contributed by atoms with Gasteiger partial charge in [-0.3, -0.25) is 0 Å². The molecule has 0 aliphatic heterocycles. The van der Waals surface area contributed by atoms with Crippen LogP contribution in [-0.4, -0.2) is 29.9 Å². The zero-order chi connectivity index (χ0) is 49.3. The Labute approximate surface area is 421 Å². The normalized spacial score (nSPS) is 11.2. The summed E-state index contributed by atoms with van der Waals surface area (Å²) in [4.78, 5) is 35.9. The zero-order valence-corrected chi connectivity index (χ0v) is 41.2. The molecule has 0 amide bonds. The molecule has 11 aromatic rings. The Morgan fingerprint density at radius 2 is 0.597 bits per heavy atom. The van der Waals surface area contributed by atoms with Gasteiger partial charge in [0.25, 0.3) is 0 Å². The Hall–Kier alpha value is -9.14. The summed E-state index contributed by atoms with van der Waals surface area (Å²) in [6.07, 6.45) is 0.